The van der Waals surface area contributed by atoms with Gasteiger partial charge in [0, 0.05) is 16.1 Å². The maximum Gasteiger partial charge on any atom is 0.273 e. The molecule has 19 heavy (non-hydrogen) atoms. The van der Waals surface area contributed by atoms with Gasteiger partial charge in [0.15, 0.2) is 5.69 Å². The van der Waals surface area contributed by atoms with Crippen LogP contribution in [0.25, 0.3) is 0 Å². The molecule has 0 bridgehead atoms. The van der Waals surface area contributed by atoms with E-state index in [1.54, 1.807) is 7.11 Å². The second-order valence-electron chi connectivity index (χ2n) is 3.97. The van der Waals surface area contributed by atoms with Gasteiger partial charge in [-0.25, -0.2) is 0 Å². The highest BCUT2D eigenvalue weighted by Crippen LogP contribution is 2.28. The molecule has 0 radical (unpaired) electrons. The predicted molar refractivity (Wildman–Crippen MR) is 73.1 cm³/mol. The number of benzene rings is 1. The number of nitrogens with one attached hydrogen (secondary N) is 1. The van der Waals surface area contributed by atoms with Crippen LogP contribution in [0.3, 0.4) is 0 Å². The summed E-state index contributed by atoms with van der Waals surface area (Å²) >= 11 is 3.38. The molecule has 0 aliphatic rings. The van der Waals surface area contributed by atoms with Crippen molar-refractivity contribution in [2.45, 2.75) is 13.0 Å². The third-order valence-corrected chi connectivity index (χ3v) is 3.17. The highest BCUT2D eigenvalue weighted by atomic mass is 79.9. The van der Waals surface area contributed by atoms with E-state index in [0.717, 1.165) is 10.0 Å². The zero-order valence-electron chi connectivity index (χ0n) is 10.5. The Hall–Kier alpha value is -1.82. The summed E-state index contributed by atoms with van der Waals surface area (Å²) in [5.41, 5.74) is 1.14. The fraction of sp³-hybridized carbons (Fsp3) is 0.231. The molecule has 0 fully saturated rings. The molecule has 2 aromatic rings. The molecule has 0 aliphatic carbocycles. The Morgan fingerprint density at radius 3 is 2.89 bits per heavy atom. The number of hydrogen-bond acceptors (Lipinski definition) is 4. The number of carbonyl (C=O) groups excluding carboxylic acids is 1. The molecule has 2 rings (SSSR count). The summed E-state index contributed by atoms with van der Waals surface area (Å²) < 4.78 is 10.9. The van der Waals surface area contributed by atoms with Crippen LogP contribution in [0, 0.1) is 0 Å². The van der Waals surface area contributed by atoms with Gasteiger partial charge in [-0.1, -0.05) is 27.2 Å². The number of nitrogens with zero attached hydrogens (tertiary/aromatic N) is 1. The predicted octanol–water partition coefficient (Wildman–Crippen LogP) is 2.94. The first-order valence-corrected chi connectivity index (χ1v) is 6.46. The van der Waals surface area contributed by atoms with Crippen LogP contribution in [0.1, 0.15) is 29.0 Å². The molecule has 100 valence electrons. The maximum atomic E-state index is 11.9. The Labute approximate surface area is 119 Å². The minimum Gasteiger partial charge on any atom is -0.496 e. The summed E-state index contributed by atoms with van der Waals surface area (Å²) in [5.74, 6) is 0.425. The molecule has 0 spiro atoms. The molecule has 0 aliphatic heterocycles. The molecule has 1 aromatic heterocycles. The van der Waals surface area contributed by atoms with E-state index < -0.39 is 0 Å². The van der Waals surface area contributed by atoms with Gasteiger partial charge in [-0.3, -0.25) is 4.79 Å². The Morgan fingerprint density at radius 1 is 1.47 bits per heavy atom. The Morgan fingerprint density at radius 2 is 2.26 bits per heavy atom. The molecule has 1 N–H and O–H groups in total. The first kappa shape index (κ1) is 13.6. The summed E-state index contributed by atoms with van der Waals surface area (Å²) in [6.45, 7) is 1.88. The molecule has 0 saturated heterocycles. The Balaban J connectivity index is 2.16. The molecular formula is C13H13BrN2O3. The quantitative estimate of drug-likeness (QED) is 0.939. The van der Waals surface area contributed by atoms with Crippen LogP contribution < -0.4 is 10.1 Å². The summed E-state index contributed by atoms with van der Waals surface area (Å²) in [7, 11) is 1.59. The SMILES string of the molecule is COc1cc(Br)ccc1C(C)NC(=O)c1ccon1. The van der Waals surface area contributed by atoms with Gasteiger partial charge >= 0.3 is 0 Å². The smallest absolute Gasteiger partial charge is 0.273 e. The van der Waals surface area contributed by atoms with E-state index in [1.165, 1.54) is 12.3 Å². The van der Waals surface area contributed by atoms with Crippen LogP contribution in [-0.2, 0) is 0 Å². The summed E-state index contributed by atoms with van der Waals surface area (Å²) in [6, 6.07) is 6.97. The van der Waals surface area contributed by atoms with E-state index in [0.29, 0.717) is 5.75 Å². The van der Waals surface area contributed by atoms with Crippen molar-refractivity contribution >= 4 is 21.8 Å². The first-order valence-electron chi connectivity index (χ1n) is 5.66. The lowest BCUT2D eigenvalue weighted by atomic mass is 10.1. The van der Waals surface area contributed by atoms with Gasteiger partial charge < -0.3 is 14.6 Å². The maximum absolute atomic E-state index is 11.9. The van der Waals surface area contributed by atoms with E-state index in [-0.39, 0.29) is 17.6 Å². The summed E-state index contributed by atoms with van der Waals surface area (Å²) in [4.78, 5) is 11.9. The number of ether oxygens (including phenoxy) is 1. The van der Waals surface area contributed by atoms with Gasteiger partial charge in [-0.2, -0.15) is 0 Å². The zero-order chi connectivity index (χ0) is 13.8. The molecule has 1 unspecified atom stereocenters. The van der Waals surface area contributed by atoms with Crippen LogP contribution in [0.4, 0.5) is 0 Å². The highest BCUT2D eigenvalue weighted by Gasteiger charge is 2.16. The topological polar surface area (TPSA) is 64.4 Å². The van der Waals surface area contributed by atoms with E-state index in [4.69, 9.17) is 4.74 Å². The molecule has 1 aromatic carbocycles. The normalized spacial score (nSPS) is 11.9. The Kier molecular flexibility index (Phi) is 4.21. The molecule has 1 atom stereocenters. The van der Waals surface area contributed by atoms with Gasteiger partial charge in [0.05, 0.1) is 13.2 Å². The number of rotatable bonds is 4. The van der Waals surface area contributed by atoms with Crippen LogP contribution in [0.15, 0.2) is 39.5 Å². The van der Waals surface area contributed by atoms with Crippen LogP contribution in [0.2, 0.25) is 0 Å². The highest BCUT2D eigenvalue weighted by molar-refractivity contribution is 9.10. The second kappa shape index (κ2) is 5.88. The van der Waals surface area contributed by atoms with Crippen molar-refractivity contribution in [2.75, 3.05) is 7.11 Å². The minimum absolute atomic E-state index is 0.202. The van der Waals surface area contributed by atoms with Crippen LogP contribution in [-0.4, -0.2) is 18.2 Å². The number of hydrogen-bond donors (Lipinski definition) is 1. The van der Waals surface area contributed by atoms with Crippen molar-refractivity contribution < 1.29 is 14.1 Å². The number of carbonyl (C=O) groups is 1. The standard InChI is InChI=1S/C13H13BrN2O3/c1-8(15-13(17)11-5-6-19-16-11)10-4-3-9(14)7-12(10)18-2/h3-8H,1-2H3,(H,15,17). The number of halogens is 1. The number of amides is 1. The van der Waals surface area contributed by atoms with Crippen molar-refractivity contribution in [1.29, 1.82) is 0 Å². The average molecular weight is 325 g/mol. The van der Waals surface area contributed by atoms with Crippen molar-refractivity contribution in [1.82, 2.24) is 10.5 Å². The largest absolute Gasteiger partial charge is 0.496 e. The van der Waals surface area contributed by atoms with Crippen molar-refractivity contribution in [3.05, 3.63) is 46.3 Å². The lowest BCUT2D eigenvalue weighted by Crippen LogP contribution is -2.27. The lowest BCUT2D eigenvalue weighted by Gasteiger charge is -2.16. The van der Waals surface area contributed by atoms with Crippen LogP contribution >= 0.6 is 15.9 Å². The van der Waals surface area contributed by atoms with Crippen molar-refractivity contribution in [3.8, 4) is 5.75 Å². The fourth-order valence-corrected chi connectivity index (χ4v) is 2.06. The van der Waals surface area contributed by atoms with Crippen molar-refractivity contribution in [3.63, 3.8) is 0 Å². The van der Waals surface area contributed by atoms with E-state index in [2.05, 4.69) is 30.9 Å². The van der Waals surface area contributed by atoms with E-state index in [9.17, 15) is 4.79 Å². The molecule has 1 amide bonds. The molecule has 6 heteroatoms. The molecule has 1 heterocycles. The zero-order valence-corrected chi connectivity index (χ0v) is 12.1. The fourth-order valence-electron chi connectivity index (χ4n) is 1.72. The van der Waals surface area contributed by atoms with E-state index in [1.807, 2.05) is 25.1 Å². The third kappa shape index (κ3) is 3.14. The molecule has 5 nitrogen and oxygen atoms in total. The van der Waals surface area contributed by atoms with Crippen molar-refractivity contribution in [2.24, 2.45) is 0 Å². The second-order valence-corrected chi connectivity index (χ2v) is 4.88. The number of methoxy groups -OCH3 is 1. The number of aromatic nitrogens is 1. The molecular weight excluding hydrogens is 312 g/mol. The summed E-state index contributed by atoms with van der Waals surface area (Å²) in [5, 5.41) is 6.43. The van der Waals surface area contributed by atoms with Crippen LogP contribution in [0.5, 0.6) is 5.75 Å². The van der Waals surface area contributed by atoms with Gasteiger partial charge in [-0.15, -0.1) is 0 Å². The monoisotopic (exact) mass is 324 g/mol. The van der Waals surface area contributed by atoms with Gasteiger partial charge in [0.1, 0.15) is 12.0 Å². The van der Waals surface area contributed by atoms with Gasteiger partial charge in [0.2, 0.25) is 0 Å². The first-order chi connectivity index (χ1) is 9.11. The lowest BCUT2D eigenvalue weighted by molar-refractivity contribution is 0.0930. The minimum atomic E-state index is -0.286. The summed E-state index contributed by atoms with van der Waals surface area (Å²) in [6.07, 6.45) is 1.36. The van der Waals surface area contributed by atoms with Gasteiger partial charge in [-0.05, 0) is 19.1 Å². The third-order valence-electron chi connectivity index (χ3n) is 2.68. The van der Waals surface area contributed by atoms with E-state index >= 15 is 0 Å². The Bertz CT molecular complexity index is 569. The molecule has 0 saturated carbocycles. The average Bonchev–Trinajstić information content (AvgIpc) is 2.92. The van der Waals surface area contributed by atoms with Gasteiger partial charge in [0.25, 0.3) is 5.91 Å².